The molecule has 16 heavy (non-hydrogen) atoms. The fraction of sp³-hybridized carbons (Fsp3) is 0.111. The summed E-state index contributed by atoms with van der Waals surface area (Å²) in [6.07, 6.45) is -2.83. The molecule has 0 radical (unpaired) electrons. The first kappa shape index (κ1) is 11.3. The average molecular weight is 265 g/mol. The lowest BCUT2D eigenvalue weighted by molar-refractivity contribution is 0.146. The van der Waals surface area contributed by atoms with Crippen LogP contribution < -0.4 is 0 Å². The van der Waals surface area contributed by atoms with E-state index < -0.39 is 17.8 Å². The second kappa shape index (κ2) is 4.39. The number of halogens is 4. The van der Waals surface area contributed by atoms with E-state index in [9.17, 15) is 13.2 Å². The Morgan fingerprint density at radius 1 is 1.31 bits per heavy atom. The van der Waals surface area contributed by atoms with Crippen molar-refractivity contribution in [1.82, 2.24) is 9.36 Å². The van der Waals surface area contributed by atoms with Gasteiger partial charge in [-0.1, -0.05) is 6.07 Å². The monoisotopic (exact) mass is 264 g/mol. The van der Waals surface area contributed by atoms with Gasteiger partial charge < -0.3 is 0 Å². The fourth-order valence-corrected chi connectivity index (χ4v) is 1.78. The third kappa shape index (κ3) is 2.17. The predicted octanol–water partition coefficient (Wildman–Crippen LogP) is 3.94. The maximum Gasteiger partial charge on any atom is 0.266 e. The normalized spacial score (nSPS) is 11.1. The quantitative estimate of drug-likeness (QED) is 0.821. The molecule has 0 aliphatic rings. The van der Waals surface area contributed by atoms with E-state index in [1.165, 1.54) is 6.07 Å². The van der Waals surface area contributed by atoms with Gasteiger partial charge in [0.15, 0.2) is 5.82 Å². The maximum atomic E-state index is 13.2. The number of benzene rings is 1. The van der Waals surface area contributed by atoms with Crippen molar-refractivity contribution in [3.8, 4) is 11.4 Å². The molecule has 0 bridgehead atoms. The molecule has 0 amide bonds. The second-order valence-corrected chi connectivity index (χ2v) is 4.24. The number of alkyl halides is 2. The number of hydrogen-bond donors (Lipinski definition) is 0. The van der Waals surface area contributed by atoms with Gasteiger partial charge >= 0.3 is 0 Å². The SMILES string of the molecule is Fc1cc(-c2nsc(Cl)n2)ccc1C(F)F. The van der Waals surface area contributed by atoms with Crippen LogP contribution in [0, 0.1) is 5.82 Å². The lowest BCUT2D eigenvalue weighted by Crippen LogP contribution is -1.91. The summed E-state index contributed by atoms with van der Waals surface area (Å²) in [5, 5.41) is 0. The molecule has 7 heteroatoms. The van der Waals surface area contributed by atoms with Crippen molar-refractivity contribution in [2.75, 3.05) is 0 Å². The van der Waals surface area contributed by atoms with E-state index in [1.807, 2.05) is 0 Å². The van der Waals surface area contributed by atoms with Gasteiger partial charge in [-0.2, -0.15) is 4.37 Å². The van der Waals surface area contributed by atoms with Crippen molar-refractivity contribution in [2.24, 2.45) is 0 Å². The van der Waals surface area contributed by atoms with Crippen LogP contribution in [0.25, 0.3) is 11.4 Å². The van der Waals surface area contributed by atoms with Crippen LogP contribution in [0.2, 0.25) is 4.47 Å². The second-order valence-electron chi connectivity index (χ2n) is 2.91. The largest absolute Gasteiger partial charge is 0.266 e. The number of rotatable bonds is 2. The lowest BCUT2D eigenvalue weighted by Gasteiger charge is -2.02. The Labute approximate surface area is 97.9 Å². The van der Waals surface area contributed by atoms with Crippen molar-refractivity contribution in [3.63, 3.8) is 0 Å². The number of aromatic nitrogens is 2. The summed E-state index contributed by atoms with van der Waals surface area (Å²) in [7, 11) is 0. The van der Waals surface area contributed by atoms with Gasteiger partial charge in [0.2, 0.25) is 4.47 Å². The van der Waals surface area contributed by atoms with E-state index in [2.05, 4.69) is 9.36 Å². The van der Waals surface area contributed by atoms with Gasteiger partial charge in [-0.15, -0.1) is 0 Å². The molecule has 2 aromatic rings. The molecule has 2 rings (SSSR count). The molecule has 1 aromatic heterocycles. The topological polar surface area (TPSA) is 25.8 Å². The van der Waals surface area contributed by atoms with Crippen LogP contribution in [0.5, 0.6) is 0 Å². The Kier molecular flexibility index (Phi) is 3.11. The van der Waals surface area contributed by atoms with Crippen LogP contribution in [-0.4, -0.2) is 9.36 Å². The zero-order chi connectivity index (χ0) is 11.7. The fourth-order valence-electron chi connectivity index (χ4n) is 1.17. The van der Waals surface area contributed by atoms with Crippen LogP contribution in [-0.2, 0) is 0 Å². The molecule has 0 unspecified atom stereocenters. The van der Waals surface area contributed by atoms with Gasteiger partial charge in [-0.05, 0) is 35.3 Å². The van der Waals surface area contributed by atoms with Crippen LogP contribution in [0.3, 0.4) is 0 Å². The Balaban J connectivity index is 2.42. The zero-order valence-electron chi connectivity index (χ0n) is 7.62. The molecule has 0 atom stereocenters. The van der Waals surface area contributed by atoms with E-state index >= 15 is 0 Å². The van der Waals surface area contributed by atoms with Gasteiger partial charge in [-0.25, -0.2) is 18.2 Å². The molecule has 0 saturated heterocycles. The smallest absolute Gasteiger partial charge is 0.206 e. The minimum Gasteiger partial charge on any atom is -0.206 e. The molecule has 0 N–H and O–H groups in total. The van der Waals surface area contributed by atoms with Crippen molar-refractivity contribution in [1.29, 1.82) is 0 Å². The maximum absolute atomic E-state index is 13.2. The van der Waals surface area contributed by atoms with E-state index in [0.717, 1.165) is 23.7 Å². The molecular formula is C9H4ClF3N2S. The number of nitrogens with zero attached hydrogens (tertiary/aromatic N) is 2. The van der Waals surface area contributed by atoms with Crippen LogP contribution >= 0.6 is 23.1 Å². The summed E-state index contributed by atoms with van der Waals surface area (Å²) in [5.74, 6) is -0.742. The van der Waals surface area contributed by atoms with E-state index in [4.69, 9.17) is 11.6 Å². The molecule has 2 nitrogen and oxygen atoms in total. The summed E-state index contributed by atoms with van der Waals surface area (Å²) in [4.78, 5) is 3.82. The van der Waals surface area contributed by atoms with Gasteiger partial charge in [0.05, 0.1) is 5.56 Å². The molecule has 0 saturated carbocycles. The summed E-state index contributed by atoms with van der Waals surface area (Å²) in [5.41, 5.74) is -0.310. The first-order valence-corrected chi connectivity index (χ1v) is 5.30. The average Bonchev–Trinajstić information content (AvgIpc) is 2.64. The third-order valence-electron chi connectivity index (χ3n) is 1.89. The van der Waals surface area contributed by atoms with E-state index in [1.54, 1.807) is 0 Å². The molecular weight excluding hydrogens is 261 g/mol. The highest BCUT2D eigenvalue weighted by atomic mass is 35.5. The van der Waals surface area contributed by atoms with Crippen molar-refractivity contribution < 1.29 is 13.2 Å². The minimum atomic E-state index is -2.83. The molecule has 0 fully saturated rings. The Hall–Kier alpha value is -1.14. The van der Waals surface area contributed by atoms with Crippen LogP contribution in [0.15, 0.2) is 18.2 Å². The van der Waals surface area contributed by atoms with Gasteiger partial charge in [0.25, 0.3) is 6.43 Å². The molecule has 1 heterocycles. The van der Waals surface area contributed by atoms with Gasteiger partial charge in [-0.3, -0.25) is 0 Å². The van der Waals surface area contributed by atoms with Crippen LogP contribution in [0.4, 0.5) is 13.2 Å². The highest BCUT2D eigenvalue weighted by molar-refractivity contribution is 7.10. The van der Waals surface area contributed by atoms with E-state index in [0.29, 0.717) is 5.56 Å². The molecule has 0 aliphatic carbocycles. The number of hydrogen-bond acceptors (Lipinski definition) is 3. The summed E-state index contributed by atoms with van der Waals surface area (Å²) < 4.78 is 41.8. The first-order chi connectivity index (χ1) is 7.58. The molecule has 1 aromatic carbocycles. The highest BCUT2D eigenvalue weighted by Gasteiger charge is 2.15. The third-order valence-corrected chi connectivity index (χ3v) is 2.69. The molecule has 0 aliphatic heterocycles. The first-order valence-electron chi connectivity index (χ1n) is 4.15. The minimum absolute atomic E-state index is 0.216. The van der Waals surface area contributed by atoms with Crippen molar-refractivity contribution in [2.45, 2.75) is 6.43 Å². The Bertz CT molecular complexity index is 515. The standard InChI is InChI=1S/C9H4ClF3N2S/c10-9-14-8(15-16-9)4-1-2-5(7(12)13)6(11)3-4/h1-3,7H. The lowest BCUT2D eigenvalue weighted by atomic mass is 10.1. The zero-order valence-corrected chi connectivity index (χ0v) is 9.20. The predicted molar refractivity (Wildman–Crippen MR) is 55.3 cm³/mol. The summed E-state index contributed by atoms with van der Waals surface area (Å²) in [6, 6.07) is 3.33. The van der Waals surface area contributed by atoms with Crippen molar-refractivity contribution in [3.05, 3.63) is 34.0 Å². The van der Waals surface area contributed by atoms with Gasteiger partial charge in [0, 0.05) is 5.56 Å². The molecule has 84 valence electrons. The Morgan fingerprint density at radius 2 is 2.06 bits per heavy atom. The van der Waals surface area contributed by atoms with Gasteiger partial charge in [0.1, 0.15) is 5.82 Å². The van der Waals surface area contributed by atoms with Crippen molar-refractivity contribution >= 4 is 23.1 Å². The summed E-state index contributed by atoms with van der Waals surface area (Å²) >= 11 is 6.51. The van der Waals surface area contributed by atoms with Crippen LogP contribution in [0.1, 0.15) is 12.0 Å². The Morgan fingerprint density at radius 3 is 2.56 bits per heavy atom. The molecule has 0 spiro atoms. The summed E-state index contributed by atoms with van der Waals surface area (Å²) in [6.45, 7) is 0. The van der Waals surface area contributed by atoms with E-state index in [-0.39, 0.29) is 10.3 Å². The highest BCUT2D eigenvalue weighted by Crippen LogP contribution is 2.27.